The lowest BCUT2D eigenvalue weighted by Crippen LogP contribution is -2.47. The van der Waals surface area contributed by atoms with Gasteiger partial charge in [-0.2, -0.15) is 4.31 Å². The molecule has 128 valence electrons. The van der Waals surface area contributed by atoms with Crippen LogP contribution in [0.3, 0.4) is 0 Å². The number of likely N-dealkylation sites (N-methyl/N-ethyl adjacent to an activating group) is 1. The maximum atomic E-state index is 12.6. The predicted molar refractivity (Wildman–Crippen MR) is 89.9 cm³/mol. The topological polar surface area (TPSA) is 69.7 Å². The van der Waals surface area contributed by atoms with Crippen molar-refractivity contribution in [3.63, 3.8) is 0 Å². The Hall–Kier alpha value is -1.44. The number of nitrogens with zero attached hydrogens (tertiary/aromatic N) is 2. The molecule has 0 bridgehead atoms. The number of piperazine rings is 1. The SMILES string of the molecule is CCC(C)NC(=O)c1ccc(S(=O)(=O)N2CCN(C)CC2)cc1. The zero-order valence-electron chi connectivity index (χ0n) is 13.9. The van der Waals surface area contributed by atoms with Gasteiger partial charge in [0, 0.05) is 37.8 Å². The number of amides is 1. The van der Waals surface area contributed by atoms with Crippen molar-refractivity contribution in [2.75, 3.05) is 33.2 Å². The van der Waals surface area contributed by atoms with Crippen molar-refractivity contribution in [1.82, 2.24) is 14.5 Å². The molecule has 0 aliphatic carbocycles. The van der Waals surface area contributed by atoms with Crippen LogP contribution in [-0.4, -0.2) is 62.8 Å². The molecule has 0 aromatic heterocycles. The summed E-state index contributed by atoms with van der Waals surface area (Å²) in [5.74, 6) is -0.178. The lowest BCUT2D eigenvalue weighted by atomic mass is 10.2. The molecule has 1 unspecified atom stereocenters. The predicted octanol–water partition coefficient (Wildman–Crippen LogP) is 1.15. The second-order valence-electron chi connectivity index (χ2n) is 6.01. The fourth-order valence-electron chi connectivity index (χ4n) is 2.36. The van der Waals surface area contributed by atoms with Crippen molar-refractivity contribution in [3.05, 3.63) is 29.8 Å². The molecule has 6 nitrogen and oxygen atoms in total. The molecule has 1 atom stereocenters. The average Bonchev–Trinajstić information content (AvgIpc) is 2.55. The van der Waals surface area contributed by atoms with E-state index in [-0.39, 0.29) is 16.8 Å². The van der Waals surface area contributed by atoms with Crippen molar-refractivity contribution in [1.29, 1.82) is 0 Å². The van der Waals surface area contributed by atoms with E-state index in [4.69, 9.17) is 0 Å². The van der Waals surface area contributed by atoms with Gasteiger partial charge in [-0.15, -0.1) is 0 Å². The Kier molecular flexibility index (Phi) is 5.78. The number of carbonyl (C=O) groups excluding carboxylic acids is 1. The summed E-state index contributed by atoms with van der Waals surface area (Å²) in [5, 5.41) is 2.87. The van der Waals surface area contributed by atoms with Crippen LogP contribution in [0, 0.1) is 0 Å². The van der Waals surface area contributed by atoms with Crippen LogP contribution in [-0.2, 0) is 10.0 Å². The number of nitrogens with one attached hydrogen (secondary N) is 1. The average molecular weight is 339 g/mol. The fourth-order valence-corrected chi connectivity index (χ4v) is 3.79. The van der Waals surface area contributed by atoms with E-state index in [0.29, 0.717) is 18.7 Å². The Morgan fingerprint density at radius 3 is 2.26 bits per heavy atom. The molecule has 0 spiro atoms. The zero-order chi connectivity index (χ0) is 17.0. The first-order valence-electron chi connectivity index (χ1n) is 7.94. The summed E-state index contributed by atoms with van der Waals surface area (Å²) in [6.45, 7) is 6.38. The molecule has 1 aliphatic heterocycles. The molecule has 1 heterocycles. The third-order valence-electron chi connectivity index (χ3n) is 4.21. The standard InChI is InChI=1S/C16H25N3O3S/c1-4-13(2)17-16(20)14-5-7-15(8-6-14)23(21,22)19-11-9-18(3)10-12-19/h5-8,13H,4,9-12H2,1-3H3,(H,17,20). The molecule has 1 amide bonds. The minimum Gasteiger partial charge on any atom is -0.350 e. The zero-order valence-corrected chi connectivity index (χ0v) is 14.8. The van der Waals surface area contributed by atoms with Crippen molar-refractivity contribution < 1.29 is 13.2 Å². The molecule has 0 saturated carbocycles. The van der Waals surface area contributed by atoms with Gasteiger partial charge in [0.1, 0.15) is 0 Å². The smallest absolute Gasteiger partial charge is 0.251 e. The highest BCUT2D eigenvalue weighted by molar-refractivity contribution is 7.89. The van der Waals surface area contributed by atoms with Crippen molar-refractivity contribution >= 4 is 15.9 Å². The Morgan fingerprint density at radius 2 is 1.74 bits per heavy atom. The van der Waals surface area contributed by atoms with E-state index >= 15 is 0 Å². The summed E-state index contributed by atoms with van der Waals surface area (Å²) in [4.78, 5) is 14.4. The number of hydrogen-bond donors (Lipinski definition) is 1. The van der Waals surface area contributed by atoms with E-state index in [2.05, 4.69) is 10.2 Å². The largest absolute Gasteiger partial charge is 0.350 e. The van der Waals surface area contributed by atoms with Crippen LogP contribution in [0.25, 0.3) is 0 Å². The second-order valence-corrected chi connectivity index (χ2v) is 7.95. The van der Waals surface area contributed by atoms with E-state index < -0.39 is 10.0 Å². The van der Waals surface area contributed by atoms with Gasteiger partial charge in [-0.1, -0.05) is 6.92 Å². The summed E-state index contributed by atoms with van der Waals surface area (Å²) in [6, 6.07) is 6.26. The molecule has 1 N–H and O–H groups in total. The van der Waals surface area contributed by atoms with Crippen LogP contribution in [0.2, 0.25) is 0 Å². The number of hydrogen-bond acceptors (Lipinski definition) is 4. The minimum atomic E-state index is -3.48. The number of carbonyl (C=O) groups is 1. The van der Waals surface area contributed by atoms with Crippen LogP contribution in [0.5, 0.6) is 0 Å². The third kappa shape index (κ3) is 4.31. The highest BCUT2D eigenvalue weighted by atomic mass is 32.2. The van der Waals surface area contributed by atoms with Gasteiger partial charge in [-0.25, -0.2) is 8.42 Å². The van der Waals surface area contributed by atoms with Gasteiger partial charge in [-0.05, 0) is 44.7 Å². The molecule has 1 fully saturated rings. The van der Waals surface area contributed by atoms with E-state index in [0.717, 1.165) is 19.5 Å². The Morgan fingerprint density at radius 1 is 1.17 bits per heavy atom. The monoisotopic (exact) mass is 339 g/mol. The molecule has 1 aromatic carbocycles. The lowest BCUT2D eigenvalue weighted by Gasteiger charge is -2.31. The van der Waals surface area contributed by atoms with Crippen LogP contribution in [0.1, 0.15) is 30.6 Å². The Balaban J connectivity index is 2.11. The molecule has 2 rings (SSSR count). The summed E-state index contributed by atoms with van der Waals surface area (Å²) < 4.78 is 26.7. The maximum absolute atomic E-state index is 12.6. The van der Waals surface area contributed by atoms with Gasteiger partial charge >= 0.3 is 0 Å². The summed E-state index contributed by atoms with van der Waals surface area (Å²) in [5.41, 5.74) is 0.475. The first kappa shape index (κ1) is 17.9. The minimum absolute atomic E-state index is 0.0937. The summed E-state index contributed by atoms with van der Waals surface area (Å²) >= 11 is 0. The third-order valence-corrected chi connectivity index (χ3v) is 6.12. The molecule has 0 radical (unpaired) electrons. The van der Waals surface area contributed by atoms with Crippen LogP contribution in [0.15, 0.2) is 29.2 Å². The van der Waals surface area contributed by atoms with Crippen LogP contribution >= 0.6 is 0 Å². The quantitative estimate of drug-likeness (QED) is 0.874. The van der Waals surface area contributed by atoms with E-state index in [9.17, 15) is 13.2 Å². The molecular formula is C16H25N3O3S. The summed E-state index contributed by atoms with van der Waals surface area (Å²) in [7, 11) is -1.50. The van der Waals surface area contributed by atoms with Crippen LogP contribution < -0.4 is 5.32 Å². The maximum Gasteiger partial charge on any atom is 0.251 e. The van der Waals surface area contributed by atoms with Gasteiger partial charge in [0.2, 0.25) is 10.0 Å². The molecule has 1 aliphatic rings. The second kappa shape index (κ2) is 7.42. The molecule has 1 aromatic rings. The first-order valence-corrected chi connectivity index (χ1v) is 9.38. The Bertz CT molecular complexity index is 635. The number of rotatable bonds is 5. The first-order chi connectivity index (χ1) is 10.8. The van der Waals surface area contributed by atoms with Crippen molar-refractivity contribution in [3.8, 4) is 0 Å². The van der Waals surface area contributed by atoms with Gasteiger partial charge in [0.05, 0.1) is 4.90 Å². The highest BCUT2D eigenvalue weighted by Crippen LogP contribution is 2.18. The Labute approximate surface area is 138 Å². The van der Waals surface area contributed by atoms with Gasteiger partial charge in [0.25, 0.3) is 5.91 Å². The molecule has 7 heteroatoms. The normalized spacial score (nSPS) is 18.6. The molecule has 23 heavy (non-hydrogen) atoms. The van der Waals surface area contributed by atoms with Gasteiger partial charge in [0.15, 0.2) is 0 Å². The molecular weight excluding hydrogens is 314 g/mol. The lowest BCUT2D eigenvalue weighted by molar-refractivity contribution is 0.0939. The summed E-state index contributed by atoms with van der Waals surface area (Å²) in [6.07, 6.45) is 0.849. The van der Waals surface area contributed by atoms with E-state index in [1.54, 1.807) is 12.1 Å². The fraction of sp³-hybridized carbons (Fsp3) is 0.562. The number of sulfonamides is 1. The van der Waals surface area contributed by atoms with Crippen molar-refractivity contribution in [2.24, 2.45) is 0 Å². The van der Waals surface area contributed by atoms with E-state index in [1.165, 1.54) is 16.4 Å². The van der Waals surface area contributed by atoms with Crippen LogP contribution in [0.4, 0.5) is 0 Å². The highest BCUT2D eigenvalue weighted by Gasteiger charge is 2.27. The molecule has 1 saturated heterocycles. The van der Waals surface area contributed by atoms with Crippen molar-refractivity contribution in [2.45, 2.75) is 31.2 Å². The van der Waals surface area contributed by atoms with Gasteiger partial charge < -0.3 is 10.2 Å². The number of benzene rings is 1. The van der Waals surface area contributed by atoms with E-state index in [1.807, 2.05) is 20.9 Å². The van der Waals surface area contributed by atoms with Gasteiger partial charge in [-0.3, -0.25) is 4.79 Å².